The van der Waals surface area contributed by atoms with Crippen molar-refractivity contribution in [3.63, 3.8) is 0 Å². The maximum absolute atomic E-state index is 12.7. The molecule has 1 atom stereocenters. The van der Waals surface area contributed by atoms with E-state index < -0.39 is 0 Å². The van der Waals surface area contributed by atoms with E-state index in [0.29, 0.717) is 27.2 Å². The molecule has 2 aromatic heterocycles. The van der Waals surface area contributed by atoms with Gasteiger partial charge in [-0.25, -0.2) is 4.98 Å². The molecule has 4 nitrogen and oxygen atoms in total. The molecule has 0 bridgehead atoms. The molecule has 28 heavy (non-hydrogen) atoms. The molecular weight excluding hydrogens is 393 g/mol. The van der Waals surface area contributed by atoms with Gasteiger partial charge in [-0.2, -0.15) is 0 Å². The zero-order valence-corrected chi connectivity index (χ0v) is 16.7. The van der Waals surface area contributed by atoms with E-state index in [9.17, 15) is 4.79 Å². The van der Waals surface area contributed by atoms with Gasteiger partial charge in [-0.3, -0.25) is 9.78 Å². The molecule has 142 valence electrons. The first-order chi connectivity index (χ1) is 13.6. The Morgan fingerprint density at radius 1 is 1.07 bits per heavy atom. The third-order valence-corrected chi connectivity index (χ3v) is 5.79. The van der Waals surface area contributed by atoms with Gasteiger partial charge in [0, 0.05) is 37.0 Å². The number of benzene rings is 1. The van der Waals surface area contributed by atoms with Crippen molar-refractivity contribution in [1.82, 2.24) is 9.97 Å². The molecule has 1 unspecified atom stereocenters. The molecule has 3 heterocycles. The number of halogens is 2. The van der Waals surface area contributed by atoms with Crippen LogP contribution >= 0.6 is 23.2 Å². The van der Waals surface area contributed by atoms with Crippen LogP contribution in [0.1, 0.15) is 40.4 Å². The molecule has 0 amide bonds. The number of ketones is 1. The standard InChI is InChI=1S/C22H19Cl2N3O/c23-18-9-8-15(12-19(18)24)17-5-3-11-27(14-17)21-7-1-6-20(26-21)22(28)16-4-2-10-25-13-16/h1-2,4,6-10,12-13,17H,3,5,11,14H2. The number of rotatable bonds is 4. The fourth-order valence-corrected chi connectivity index (χ4v) is 3.90. The Morgan fingerprint density at radius 3 is 2.75 bits per heavy atom. The molecule has 0 aliphatic carbocycles. The molecule has 6 heteroatoms. The van der Waals surface area contributed by atoms with E-state index in [-0.39, 0.29) is 5.78 Å². The van der Waals surface area contributed by atoms with Crippen LogP contribution in [0, 0.1) is 0 Å². The lowest BCUT2D eigenvalue weighted by atomic mass is 9.90. The molecule has 3 aromatic rings. The van der Waals surface area contributed by atoms with Crippen LogP contribution in [0.2, 0.25) is 10.0 Å². The van der Waals surface area contributed by atoms with Crippen LogP contribution in [0.15, 0.2) is 60.9 Å². The van der Waals surface area contributed by atoms with Crippen molar-refractivity contribution in [2.75, 3.05) is 18.0 Å². The molecule has 1 saturated heterocycles. The second-order valence-corrected chi connectivity index (χ2v) is 7.72. The molecule has 0 radical (unpaired) electrons. The van der Waals surface area contributed by atoms with E-state index in [4.69, 9.17) is 23.2 Å². The summed E-state index contributed by atoms with van der Waals surface area (Å²) in [6, 6.07) is 14.9. The highest BCUT2D eigenvalue weighted by Gasteiger charge is 2.23. The van der Waals surface area contributed by atoms with Gasteiger partial charge in [-0.1, -0.05) is 35.3 Å². The largest absolute Gasteiger partial charge is 0.356 e. The first-order valence-electron chi connectivity index (χ1n) is 9.23. The van der Waals surface area contributed by atoms with Crippen molar-refractivity contribution in [3.05, 3.63) is 87.8 Å². The average Bonchev–Trinajstić information content (AvgIpc) is 2.76. The second kappa shape index (κ2) is 8.29. The van der Waals surface area contributed by atoms with Gasteiger partial charge >= 0.3 is 0 Å². The Kier molecular flexibility index (Phi) is 5.60. The van der Waals surface area contributed by atoms with Crippen molar-refractivity contribution in [1.29, 1.82) is 0 Å². The Bertz CT molecular complexity index is 994. The summed E-state index contributed by atoms with van der Waals surface area (Å²) in [6.45, 7) is 1.74. The monoisotopic (exact) mass is 411 g/mol. The van der Waals surface area contributed by atoms with Crippen molar-refractivity contribution < 1.29 is 4.79 Å². The Morgan fingerprint density at radius 2 is 1.96 bits per heavy atom. The smallest absolute Gasteiger partial charge is 0.212 e. The molecule has 1 aliphatic rings. The number of anilines is 1. The molecule has 0 N–H and O–H groups in total. The first-order valence-corrected chi connectivity index (χ1v) is 9.99. The van der Waals surface area contributed by atoms with Crippen LogP contribution in [0.5, 0.6) is 0 Å². The van der Waals surface area contributed by atoms with Gasteiger partial charge in [-0.05, 0) is 54.8 Å². The van der Waals surface area contributed by atoms with Crippen LogP contribution < -0.4 is 4.90 Å². The molecular formula is C22H19Cl2N3O. The van der Waals surface area contributed by atoms with Crippen LogP contribution in [-0.2, 0) is 0 Å². The normalized spacial score (nSPS) is 16.8. The number of hydrogen-bond acceptors (Lipinski definition) is 4. The van der Waals surface area contributed by atoms with Crippen LogP contribution in [0.25, 0.3) is 0 Å². The van der Waals surface area contributed by atoms with Gasteiger partial charge in [0.15, 0.2) is 0 Å². The van der Waals surface area contributed by atoms with Gasteiger partial charge in [0.2, 0.25) is 5.78 Å². The lowest BCUT2D eigenvalue weighted by molar-refractivity contribution is 0.103. The highest BCUT2D eigenvalue weighted by molar-refractivity contribution is 6.42. The minimum Gasteiger partial charge on any atom is -0.356 e. The highest BCUT2D eigenvalue weighted by Crippen LogP contribution is 2.32. The first kappa shape index (κ1) is 18.9. The number of carbonyl (C=O) groups is 1. The predicted molar refractivity (Wildman–Crippen MR) is 113 cm³/mol. The number of piperidine rings is 1. The van der Waals surface area contributed by atoms with Crippen molar-refractivity contribution in [2.24, 2.45) is 0 Å². The summed E-state index contributed by atoms with van der Waals surface area (Å²) >= 11 is 12.3. The highest BCUT2D eigenvalue weighted by atomic mass is 35.5. The topological polar surface area (TPSA) is 46.1 Å². The van der Waals surface area contributed by atoms with E-state index in [0.717, 1.165) is 31.7 Å². The molecule has 1 aliphatic heterocycles. The molecule has 1 aromatic carbocycles. The van der Waals surface area contributed by atoms with Crippen LogP contribution in [-0.4, -0.2) is 28.8 Å². The fourth-order valence-electron chi connectivity index (χ4n) is 3.59. The molecule has 4 rings (SSSR count). The number of pyridine rings is 2. The summed E-state index contributed by atoms with van der Waals surface area (Å²) in [5.41, 5.74) is 2.16. The Hall–Kier alpha value is -2.43. The van der Waals surface area contributed by atoms with Gasteiger partial charge < -0.3 is 4.90 Å². The van der Waals surface area contributed by atoms with Crippen LogP contribution in [0.4, 0.5) is 5.82 Å². The third-order valence-electron chi connectivity index (χ3n) is 5.05. The quantitative estimate of drug-likeness (QED) is 0.539. The summed E-state index contributed by atoms with van der Waals surface area (Å²) < 4.78 is 0. The summed E-state index contributed by atoms with van der Waals surface area (Å²) in [7, 11) is 0. The summed E-state index contributed by atoms with van der Waals surface area (Å²) in [5, 5.41) is 1.15. The minimum atomic E-state index is -0.118. The lowest BCUT2D eigenvalue weighted by Crippen LogP contribution is -2.35. The summed E-state index contributed by atoms with van der Waals surface area (Å²) in [5.74, 6) is 1.05. The molecule has 1 fully saturated rings. The van der Waals surface area contributed by atoms with E-state index in [1.807, 2.05) is 30.3 Å². The number of hydrogen-bond donors (Lipinski definition) is 0. The molecule has 0 saturated carbocycles. The van der Waals surface area contributed by atoms with E-state index in [1.54, 1.807) is 30.6 Å². The number of aromatic nitrogens is 2. The minimum absolute atomic E-state index is 0.118. The van der Waals surface area contributed by atoms with E-state index in [1.165, 1.54) is 5.56 Å². The number of carbonyl (C=O) groups excluding carboxylic acids is 1. The maximum atomic E-state index is 12.7. The van der Waals surface area contributed by atoms with Gasteiger partial charge in [0.25, 0.3) is 0 Å². The van der Waals surface area contributed by atoms with Crippen molar-refractivity contribution in [2.45, 2.75) is 18.8 Å². The van der Waals surface area contributed by atoms with Gasteiger partial charge in [0.1, 0.15) is 11.5 Å². The zero-order valence-electron chi connectivity index (χ0n) is 15.2. The van der Waals surface area contributed by atoms with Gasteiger partial charge in [0.05, 0.1) is 10.0 Å². The fraction of sp³-hybridized carbons (Fsp3) is 0.227. The maximum Gasteiger partial charge on any atom is 0.212 e. The van der Waals surface area contributed by atoms with Gasteiger partial charge in [-0.15, -0.1) is 0 Å². The van der Waals surface area contributed by atoms with Crippen molar-refractivity contribution in [3.8, 4) is 0 Å². The third kappa shape index (κ3) is 4.03. The lowest BCUT2D eigenvalue weighted by Gasteiger charge is -2.34. The Labute approximate surface area is 174 Å². The summed E-state index contributed by atoms with van der Waals surface area (Å²) in [6.07, 6.45) is 5.35. The Balaban J connectivity index is 1.55. The SMILES string of the molecule is O=C(c1cccnc1)c1cccc(N2CCCC(c3ccc(Cl)c(Cl)c3)C2)n1. The van der Waals surface area contributed by atoms with Crippen molar-refractivity contribution >= 4 is 34.8 Å². The second-order valence-electron chi connectivity index (χ2n) is 6.91. The predicted octanol–water partition coefficient (Wildman–Crippen LogP) is 5.40. The summed E-state index contributed by atoms with van der Waals surface area (Å²) in [4.78, 5) is 23.6. The average molecular weight is 412 g/mol. The van der Waals surface area contributed by atoms with E-state index >= 15 is 0 Å². The number of nitrogens with zero attached hydrogens (tertiary/aromatic N) is 3. The zero-order chi connectivity index (χ0) is 19.5. The van der Waals surface area contributed by atoms with E-state index in [2.05, 4.69) is 14.9 Å². The molecule has 0 spiro atoms. The van der Waals surface area contributed by atoms with Crippen LogP contribution in [0.3, 0.4) is 0 Å².